The Morgan fingerprint density at radius 2 is 1.46 bits per heavy atom. The van der Waals surface area contributed by atoms with Crippen LogP contribution in [-0.2, 0) is 28.7 Å². The fourth-order valence-corrected chi connectivity index (χ4v) is 8.88. The lowest BCUT2D eigenvalue weighted by atomic mass is 9.76. The molecule has 0 bridgehead atoms. The predicted octanol–water partition coefficient (Wildman–Crippen LogP) is 5.03. The van der Waals surface area contributed by atoms with Crippen LogP contribution in [0.15, 0.2) is 42.5 Å². The molecule has 0 unspecified atom stereocenters. The first kappa shape index (κ1) is 30.6. The number of quaternary nitrogens is 1. The molecule has 0 N–H and O–H groups in total. The Balaban J connectivity index is 0.00000353. The highest BCUT2D eigenvalue weighted by atomic mass is 79.9. The molecule has 2 aliphatic heterocycles. The zero-order valence-corrected chi connectivity index (χ0v) is 27.7. The standard InChI is InChI=1S/C35H52NO2.BrH/c1-24-20-36(21-26-17-27(32(2,3)4)19-28(18-26)33(5,6)7)23-34(8,31-16-15-30(24)35(31,36)9)38-22-25-11-13-29(37-10)14-12-25;/h11-14,17-19,24,30-31H,15-16,20-23H2,1-10H3;1H/q+1;/p-1/t24-,30+,31-,34-,35-,36-;/m1./s1. The molecule has 1 saturated carbocycles. The van der Waals surface area contributed by atoms with E-state index in [4.69, 9.17) is 9.47 Å². The highest BCUT2D eigenvalue weighted by Crippen LogP contribution is 2.65. The van der Waals surface area contributed by atoms with Crippen LogP contribution in [0.3, 0.4) is 0 Å². The average molecular weight is 599 g/mol. The fraction of sp³-hybridized carbons (Fsp3) is 0.657. The Morgan fingerprint density at radius 1 is 0.872 bits per heavy atom. The van der Waals surface area contributed by atoms with Crippen LogP contribution in [0.5, 0.6) is 5.75 Å². The van der Waals surface area contributed by atoms with Crippen molar-refractivity contribution in [3.63, 3.8) is 0 Å². The molecule has 3 nitrogen and oxygen atoms in total. The van der Waals surface area contributed by atoms with Crippen molar-refractivity contribution in [3.05, 3.63) is 64.7 Å². The zero-order chi connectivity index (χ0) is 27.7. The molecule has 2 heterocycles. The molecule has 0 radical (unpaired) electrons. The second-order valence-corrected chi connectivity index (χ2v) is 15.5. The number of nitrogens with zero attached hydrogens (tertiary/aromatic N) is 1. The quantitative estimate of drug-likeness (QED) is 0.435. The molecule has 0 aromatic heterocycles. The van der Waals surface area contributed by atoms with E-state index >= 15 is 0 Å². The Kier molecular flexibility index (Phi) is 7.98. The number of ether oxygens (including phenoxy) is 2. The first-order valence-electron chi connectivity index (χ1n) is 14.9. The van der Waals surface area contributed by atoms with Crippen molar-refractivity contribution in [2.75, 3.05) is 20.2 Å². The maximum absolute atomic E-state index is 6.98. The van der Waals surface area contributed by atoms with Gasteiger partial charge in [0.25, 0.3) is 0 Å². The summed E-state index contributed by atoms with van der Waals surface area (Å²) in [5.41, 5.74) is 6.11. The van der Waals surface area contributed by atoms with Gasteiger partial charge in [0.15, 0.2) is 0 Å². The van der Waals surface area contributed by atoms with Gasteiger partial charge in [-0.05, 0) is 78.5 Å². The molecule has 2 aromatic carbocycles. The normalized spacial score (nSPS) is 33.6. The SMILES string of the molecule is COc1ccc(CO[C@]2(C)C[N@+]3(Cc4cc(C(C)(C)C)cc(C(C)(C)C)c4)C[C@@H](C)[C@@H]4CC[C@H]2[C@@]43C)cc1.[Br-]. The highest BCUT2D eigenvalue weighted by Gasteiger charge is 2.76. The Bertz CT molecular complexity index is 1150. The van der Waals surface area contributed by atoms with Gasteiger partial charge in [-0.1, -0.05) is 66.7 Å². The summed E-state index contributed by atoms with van der Waals surface area (Å²) in [7, 11) is 1.72. The zero-order valence-electron chi connectivity index (χ0n) is 26.2. The predicted molar refractivity (Wildman–Crippen MR) is 158 cm³/mol. The van der Waals surface area contributed by atoms with E-state index < -0.39 is 0 Å². The number of hydrogen-bond donors (Lipinski definition) is 0. The Morgan fingerprint density at radius 3 is 2.00 bits per heavy atom. The third-order valence-electron chi connectivity index (χ3n) is 10.9. The van der Waals surface area contributed by atoms with Crippen molar-refractivity contribution in [3.8, 4) is 5.75 Å². The van der Waals surface area contributed by atoms with E-state index in [-0.39, 0.29) is 39.0 Å². The van der Waals surface area contributed by atoms with Crippen molar-refractivity contribution in [2.45, 2.75) is 110 Å². The Labute approximate surface area is 249 Å². The first-order chi connectivity index (χ1) is 17.6. The van der Waals surface area contributed by atoms with Gasteiger partial charge in [0, 0.05) is 23.3 Å². The van der Waals surface area contributed by atoms with Gasteiger partial charge in [-0.15, -0.1) is 0 Å². The van der Waals surface area contributed by atoms with Gasteiger partial charge in [0.1, 0.15) is 30.0 Å². The number of rotatable bonds is 6. The minimum atomic E-state index is -0.113. The van der Waals surface area contributed by atoms with Crippen molar-refractivity contribution >= 4 is 0 Å². The number of benzene rings is 2. The van der Waals surface area contributed by atoms with Crippen LogP contribution in [-0.4, -0.2) is 35.8 Å². The molecule has 2 aromatic rings. The van der Waals surface area contributed by atoms with Crippen LogP contribution < -0.4 is 21.7 Å². The second kappa shape index (κ2) is 10.2. The van der Waals surface area contributed by atoms with Crippen molar-refractivity contribution in [2.24, 2.45) is 17.8 Å². The summed E-state index contributed by atoms with van der Waals surface area (Å²) in [4.78, 5) is 0. The number of hydrogen-bond acceptors (Lipinski definition) is 2. The van der Waals surface area contributed by atoms with Crippen LogP contribution >= 0.6 is 0 Å². The minimum Gasteiger partial charge on any atom is -1.00 e. The van der Waals surface area contributed by atoms with Crippen molar-refractivity contribution < 1.29 is 30.9 Å². The third kappa shape index (κ3) is 5.12. The van der Waals surface area contributed by atoms with E-state index in [0.29, 0.717) is 12.5 Å². The molecule has 2 saturated heterocycles. The van der Waals surface area contributed by atoms with Gasteiger partial charge in [0.05, 0.1) is 20.3 Å². The third-order valence-corrected chi connectivity index (χ3v) is 10.9. The molecule has 39 heavy (non-hydrogen) atoms. The van der Waals surface area contributed by atoms with Gasteiger partial charge >= 0.3 is 0 Å². The number of methoxy groups -OCH3 is 1. The Hall–Kier alpha value is -1.36. The van der Waals surface area contributed by atoms with Crippen LogP contribution in [0, 0.1) is 17.8 Å². The molecule has 3 aliphatic rings. The van der Waals surface area contributed by atoms with E-state index in [1.807, 2.05) is 12.1 Å². The van der Waals surface area contributed by atoms with Gasteiger partial charge in [-0.3, -0.25) is 0 Å². The van der Waals surface area contributed by atoms with E-state index in [1.54, 1.807) is 7.11 Å². The van der Waals surface area contributed by atoms with E-state index in [9.17, 15) is 0 Å². The monoisotopic (exact) mass is 597 g/mol. The summed E-state index contributed by atoms with van der Waals surface area (Å²) in [5.74, 6) is 3.05. The smallest absolute Gasteiger partial charge is 0.123 e. The van der Waals surface area contributed by atoms with Crippen LogP contribution in [0.4, 0.5) is 0 Å². The maximum Gasteiger partial charge on any atom is 0.123 e. The summed E-state index contributed by atoms with van der Waals surface area (Å²) in [6, 6.07) is 15.9. The molecular formula is C35H52BrNO2. The summed E-state index contributed by atoms with van der Waals surface area (Å²) in [6.45, 7) is 25.9. The van der Waals surface area contributed by atoms with Crippen LogP contribution in [0.1, 0.15) is 97.4 Å². The molecule has 6 atom stereocenters. The summed E-state index contributed by atoms with van der Waals surface area (Å²) in [6.07, 6.45) is 2.64. The number of halogens is 1. The molecule has 4 heteroatoms. The minimum absolute atomic E-state index is 0. The van der Waals surface area contributed by atoms with Gasteiger partial charge in [0.2, 0.25) is 0 Å². The van der Waals surface area contributed by atoms with E-state index in [1.165, 1.54) is 46.1 Å². The fourth-order valence-electron chi connectivity index (χ4n) is 8.88. The topological polar surface area (TPSA) is 18.5 Å². The molecule has 1 aliphatic carbocycles. The van der Waals surface area contributed by atoms with Gasteiger partial charge < -0.3 is 30.9 Å². The van der Waals surface area contributed by atoms with Crippen molar-refractivity contribution in [1.29, 1.82) is 0 Å². The lowest BCUT2D eigenvalue weighted by Gasteiger charge is -2.44. The highest BCUT2D eigenvalue weighted by molar-refractivity contribution is 5.37. The van der Waals surface area contributed by atoms with E-state index in [0.717, 1.165) is 30.7 Å². The van der Waals surface area contributed by atoms with Crippen LogP contribution in [0.25, 0.3) is 0 Å². The summed E-state index contributed by atoms with van der Waals surface area (Å²) >= 11 is 0. The van der Waals surface area contributed by atoms with Gasteiger partial charge in [-0.2, -0.15) is 0 Å². The lowest BCUT2D eigenvalue weighted by Crippen LogP contribution is -3.00. The summed E-state index contributed by atoms with van der Waals surface area (Å²) < 4.78 is 13.5. The molecule has 5 rings (SSSR count). The van der Waals surface area contributed by atoms with Crippen molar-refractivity contribution in [1.82, 2.24) is 0 Å². The second-order valence-electron chi connectivity index (χ2n) is 15.5. The maximum atomic E-state index is 6.98. The molecule has 0 amide bonds. The lowest BCUT2D eigenvalue weighted by molar-refractivity contribution is -0.967. The molecule has 3 fully saturated rings. The van der Waals surface area contributed by atoms with Gasteiger partial charge in [-0.25, -0.2) is 0 Å². The molecule has 216 valence electrons. The largest absolute Gasteiger partial charge is 1.00 e. The van der Waals surface area contributed by atoms with Crippen LogP contribution in [0.2, 0.25) is 0 Å². The molecule has 0 spiro atoms. The molecular weight excluding hydrogens is 546 g/mol. The summed E-state index contributed by atoms with van der Waals surface area (Å²) in [5, 5.41) is 0. The first-order valence-corrected chi connectivity index (χ1v) is 14.9. The van der Waals surface area contributed by atoms with E-state index in [2.05, 4.69) is 92.6 Å². The average Bonchev–Trinajstić information content (AvgIpc) is 3.36.